The van der Waals surface area contributed by atoms with E-state index in [2.05, 4.69) is 0 Å². The number of benzene rings is 2. The highest BCUT2D eigenvalue weighted by molar-refractivity contribution is 5.78. The maximum atomic E-state index is 11.9. The Balaban J connectivity index is 1.64. The predicted octanol–water partition coefficient (Wildman–Crippen LogP) is 4.01. The smallest absolute Gasteiger partial charge is 0.132 e. The molecule has 0 radical (unpaired) electrons. The van der Waals surface area contributed by atoms with Crippen molar-refractivity contribution in [2.75, 3.05) is 0 Å². The molecule has 0 aliphatic carbocycles. The Labute approximate surface area is 131 Å². The standard InChI is InChI=1S/C19H22O3/c20-17(9-1-5-15-7-3-11-18(21)13-15)10-2-6-16-8-4-12-19(22)14-16/h3-4,7-8,11-14,21-22H,1-2,5-6,9-10H2. The lowest BCUT2D eigenvalue weighted by Crippen LogP contribution is -2.00. The second kappa shape index (κ2) is 8.23. The number of rotatable bonds is 8. The topological polar surface area (TPSA) is 57.5 Å². The maximum absolute atomic E-state index is 11.9. The average molecular weight is 298 g/mol. The third-order valence-corrected chi connectivity index (χ3v) is 3.66. The molecule has 0 amide bonds. The van der Waals surface area contributed by atoms with Crippen LogP contribution in [0.25, 0.3) is 0 Å². The summed E-state index contributed by atoms with van der Waals surface area (Å²) in [4.78, 5) is 11.9. The normalized spacial score (nSPS) is 10.5. The van der Waals surface area contributed by atoms with Crippen molar-refractivity contribution < 1.29 is 15.0 Å². The van der Waals surface area contributed by atoms with Gasteiger partial charge in [0.2, 0.25) is 0 Å². The Hall–Kier alpha value is -2.29. The lowest BCUT2D eigenvalue weighted by atomic mass is 10.0. The molecule has 2 aromatic rings. The first-order valence-electron chi connectivity index (χ1n) is 7.71. The van der Waals surface area contributed by atoms with Crippen LogP contribution < -0.4 is 0 Å². The largest absolute Gasteiger partial charge is 0.508 e. The molecule has 22 heavy (non-hydrogen) atoms. The Kier molecular flexibility index (Phi) is 6.01. The molecule has 0 spiro atoms. The second-order valence-electron chi connectivity index (χ2n) is 5.59. The minimum atomic E-state index is 0.273. The summed E-state index contributed by atoms with van der Waals surface area (Å²) >= 11 is 0. The van der Waals surface area contributed by atoms with Gasteiger partial charge in [-0.05, 0) is 61.1 Å². The van der Waals surface area contributed by atoms with Crippen molar-refractivity contribution in [2.24, 2.45) is 0 Å². The minimum Gasteiger partial charge on any atom is -0.508 e. The molecule has 116 valence electrons. The first-order chi connectivity index (χ1) is 10.6. The molecule has 0 saturated carbocycles. The fourth-order valence-corrected chi connectivity index (χ4v) is 2.53. The Bertz CT molecular complexity index is 566. The first-order valence-corrected chi connectivity index (χ1v) is 7.71. The zero-order valence-corrected chi connectivity index (χ0v) is 12.7. The highest BCUT2D eigenvalue weighted by atomic mass is 16.3. The van der Waals surface area contributed by atoms with Crippen LogP contribution in [-0.2, 0) is 17.6 Å². The van der Waals surface area contributed by atoms with E-state index < -0.39 is 0 Å². The molecule has 0 saturated heterocycles. The average Bonchev–Trinajstić information content (AvgIpc) is 2.47. The quantitative estimate of drug-likeness (QED) is 0.774. The van der Waals surface area contributed by atoms with E-state index in [4.69, 9.17) is 0 Å². The molecule has 2 rings (SSSR count). The first kappa shape index (κ1) is 16.1. The van der Waals surface area contributed by atoms with Crippen molar-refractivity contribution >= 4 is 5.78 Å². The van der Waals surface area contributed by atoms with Gasteiger partial charge in [-0.2, -0.15) is 0 Å². The van der Waals surface area contributed by atoms with Crippen molar-refractivity contribution in [3.05, 3.63) is 59.7 Å². The Morgan fingerprint density at radius 2 is 1.23 bits per heavy atom. The highest BCUT2D eigenvalue weighted by Gasteiger charge is 2.04. The van der Waals surface area contributed by atoms with Crippen LogP contribution in [0.15, 0.2) is 48.5 Å². The Morgan fingerprint density at radius 1 is 0.773 bits per heavy atom. The van der Waals surface area contributed by atoms with Crippen LogP contribution in [0.2, 0.25) is 0 Å². The van der Waals surface area contributed by atoms with Gasteiger partial charge in [0.1, 0.15) is 17.3 Å². The van der Waals surface area contributed by atoms with Crippen LogP contribution in [-0.4, -0.2) is 16.0 Å². The fourth-order valence-electron chi connectivity index (χ4n) is 2.53. The van der Waals surface area contributed by atoms with Crippen molar-refractivity contribution in [1.82, 2.24) is 0 Å². The molecule has 0 aromatic heterocycles. The van der Waals surface area contributed by atoms with Gasteiger partial charge in [-0.1, -0.05) is 24.3 Å². The molecule has 0 fully saturated rings. The molecule has 0 aliphatic heterocycles. The third kappa shape index (κ3) is 5.60. The molecule has 0 bridgehead atoms. The summed E-state index contributed by atoms with van der Waals surface area (Å²) in [5, 5.41) is 18.8. The number of hydrogen-bond acceptors (Lipinski definition) is 3. The maximum Gasteiger partial charge on any atom is 0.132 e. The molecule has 0 heterocycles. The number of ketones is 1. The van der Waals surface area contributed by atoms with E-state index in [9.17, 15) is 15.0 Å². The van der Waals surface area contributed by atoms with Gasteiger partial charge in [-0.15, -0.1) is 0 Å². The van der Waals surface area contributed by atoms with Gasteiger partial charge in [0, 0.05) is 12.8 Å². The van der Waals surface area contributed by atoms with Gasteiger partial charge < -0.3 is 10.2 Å². The predicted molar refractivity (Wildman–Crippen MR) is 87.1 cm³/mol. The van der Waals surface area contributed by atoms with Gasteiger partial charge >= 0.3 is 0 Å². The van der Waals surface area contributed by atoms with E-state index in [0.29, 0.717) is 12.8 Å². The molecule has 0 aliphatic rings. The van der Waals surface area contributed by atoms with E-state index >= 15 is 0 Å². The number of aromatic hydroxyl groups is 2. The monoisotopic (exact) mass is 298 g/mol. The number of hydrogen-bond donors (Lipinski definition) is 2. The number of carbonyl (C=O) groups is 1. The summed E-state index contributed by atoms with van der Waals surface area (Å²) in [6.07, 6.45) is 4.41. The molecular formula is C19H22O3. The molecule has 0 atom stereocenters. The van der Waals surface area contributed by atoms with E-state index in [1.54, 1.807) is 24.3 Å². The van der Waals surface area contributed by atoms with Crippen molar-refractivity contribution in [2.45, 2.75) is 38.5 Å². The van der Waals surface area contributed by atoms with Gasteiger partial charge in [-0.3, -0.25) is 4.79 Å². The number of Topliss-reactive ketones (excluding diaryl/α,β-unsaturated/α-hetero) is 1. The van der Waals surface area contributed by atoms with Gasteiger partial charge in [0.15, 0.2) is 0 Å². The van der Waals surface area contributed by atoms with Crippen molar-refractivity contribution in [3.8, 4) is 11.5 Å². The van der Waals surface area contributed by atoms with E-state index in [-0.39, 0.29) is 17.3 Å². The lowest BCUT2D eigenvalue weighted by molar-refractivity contribution is -0.119. The minimum absolute atomic E-state index is 0.273. The van der Waals surface area contributed by atoms with Crippen LogP contribution in [0.1, 0.15) is 36.8 Å². The Morgan fingerprint density at radius 3 is 1.64 bits per heavy atom. The number of carbonyl (C=O) groups excluding carboxylic acids is 1. The summed E-state index contributed by atoms with van der Waals surface area (Å²) in [6.45, 7) is 0. The highest BCUT2D eigenvalue weighted by Crippen LogP contribution is 2.15. The van der Waals surface area contributed by atoms with Crippen LogP contribution >= 0.6 is 0 Å². The van der Waals surface area contributed by atoms with Crippen molar-refractivity contribution in [1.29, 1.82) is 0 Å². The van der Waals surface area contributed by atoms with E-state index in [0.717, 1.165) is 36.8 Å². The zero-order valence-electron chi connectivity index (χ0n) is 12.7. The van der Waals surface area contributed by atoms with Gasteiger partial charge in [0.25, 0.3) is 0 Å². The summed E-state index contributed by atoms with van der Waals surface area (Å²) in [5.74, 6) is 0.824. The molecule has 0 unspecified atom stereocenters. The van der Waals surface area contributed by atoms with Crippen molar-refractivity contribution in [3.63, 3.8) is 0 Å². The van der Waals surface area contributed by atoms with Crippen LogP contribution in [0.4, 0.5) is 0 Å². The second-order valence-corrected chi connectivity index (χ2v) is 5.59. The molecule has 3 nitrogen and oxygen atoms in total. The molecular weight excluding hydrogens is 276 g/mol. The van der Waals surface area contributed by atoms with Gasteiger partial charge in [-0.25, -0.2) is 0 Å². The fraction of sp³-hybridized carbons (Fsp3) is 0.316. The summed E-state index contributed by atoms with van der Waals surface area (Å²) in [7, 11) is 0. The summed E-state index contributed by atoms with van der Waals surface area (Å²) in [6, 6.07) is 14.4. The number of aryl methyl sites for hydroxylation is 2. The number of phenolic OH excluding ortho intramolecular Hbond substituents is 2. The summed E-state index contributed by atoms with van der Waals surface area (Å²) in [5.41, 5.74) is 2.13. The SMILES string of the molecule is O=C(CCCc1cccc(O)c1)CCCc1cccc(O)c1. The lowest BCUT2D eigenvalue weighted by Gasteiger charge is -2.04. The third-order valence-electron chi connectivity index (χ3n) is 3.66. The number of phenols is 2. The van der Waals surface area contributed by atoms with E-state index in [1.165, 1.54) is 0 Å². The van der Waals surface area contributed by atoms with Crippen LogP contribution in [0.3, 0.4) is 0 Å². The zero-order chi connectivity index (χ0) is 15.8. The summed E-state index contributed by atoms with van der Waals surface area (Å²) < 4.78 is 0. The van der Waals surface area contributed by atoms with Gasteiger partial charge in [0.05, 0.1) is 0 Å². The van der Waals surface area contributed by atoms with E-state index in [1.807, 2.05) is 24.3 Å². The van der Waals surface area contributed by atoms with Crippen LogP contribution in [0.5, 0.6) is 11.5 Å². The molecule has 2 aromatic carbocycles. The molecule has 3 heteroatoms. The molecule has 2 N–H and O–H groups in total. The van der Waals surface area contributed by atoms with Crippen LogP contribution in [0, 0.1) is 0 Å².